The summed E-state index contributed by atoms with van der Waals surface area (Å²) in [7, 11) is 0. The van der Waals surface area contributed by atoms with Crippen LogP contribution < -0.4 is 20.5 Å². The minimum absolute atomic E-state index is 0.0164. The monoisotopic (exact) mass is 313 g/mol. The van der Waals surface area contributed by atoms with Gasteiger partial charge in [-0.15, -0.1) is 0 Å². The third-order valence-electron chi connectivity index (χ3n) is 3.09. The number of para-hydroxylation sites is 3. The van der Waals surface area contributed by atoms with Crippen LogP contribution in [-0.2, 0) is 4.84 Å². The second-order valence-corrected chi connectivity index (χ2v) is 4.75. The predicted octanol–water partition coefficient (Wildman–Crippen LogP) is 2.35. The molecule has 1 aliphatic heterocycles. The summed E-state index contributed by atoms with van der Waals surface area (Å²) in [5, 5.41) is 6.11. The topological polar surface area (TPSA) is 95.2 Å². The van der Waals surface area contributed by atoms with E-state index in [4.69, 9.17) is 20.0 Å². The van der Waals surface area contributed by atoms with Crippen LogP contribution in [0.1, 0.15) is 0 Å². The van der Waals surface area contributed by atoms with Crippen molar-refractivity contribution in [3.8, 4) is 11.5 Å². The fraction of sp³-hybridized carbons (Fsp3) is 0.125. The summed E-state index contributed by atoms with van der Waals surface area (Å²) in [5.74, 6) is 1.22. The molecule has 2 aromatic carbocycles. The number of benzene rings is 2. The predicted molar refractivity (Wildman–Crippen MR) is 84.5 cm³/mol. The molecule has 1 aliphatic rings. The van der Waals surface area contributed by atoms with Crippen molar-refractivity contribution in [1.29, 1.82) is 0 Å². The smallest absolute Gasteiger partial charge is 0.437 e. The van der Waals surface area contributed by atoms with E-state index in [0.29, 0.717) is 17.2 Å². The fourth-order valence-corrected chi connectivity index (χ4v) is 1.98. The van der Waals surface area contributed by atoms with Gasteiger partial charge in [-0.1, -0.05) is 35.5 Å². The van der Waals surface area contributed by atoms with E-state index in [1.807, 2.05) is 18.2 Å². The highest BCUT2D eigenvalue weighted by Crippen LogP contribution is 2.30. The van der Waals surface area contributed by atoms with Gasteiger partial charge in [0, 0.05) is 5.69 Å². The lowest BCUT2D eigenvalue weighted by Crippen LogP contribution is -2.41. The number of ether oxygens (including phenoxy) is 2. The van der Waals surface area contributed by atoms with Crippen molar-refractivity contribution in [3.63, 3.8) is 0 Å². The SMILES string of the molecule is N/C(=N/OC(=O)Nc1ccccc1)C1COc2ccccc2O1. The van der Waals surface area contributed by atoms with Gasteiger partial charge in [-0.25, -0.2) is 4.79 Å². The number of carbonyl (C=O) groups is 1. The lowest BCUT2D eigenvalue weighted by atomic mass is 10.2. The molecule has 1 heterocycles. The number of oxime groups is 1. The molecule has 0 saturated heterocycles. The van der Waals surface area contributed by atoms with Gasteiger partial charge in [-0.05, 0) is 24.3 Å². The van der Waals surface area contributed by atoms with Crippen molar-refractivity contribution in [2.45, 2.75) is 6.10 Å². The number of hydrogen-bond acceptors (Lipinski definition) is 5. The first-order chi connectivity index (χ1) is 11.2. The lowest BCUT2D eigenvalue weighted by molar-refractivity contribution is 0.127. The molecule has 0 spiro atoms. The average molecular weight is 313 g/mol. The van der Waals surface area contributed by atoms with E-state index in [2.05, 4.69) is 10.5 Å². The van der Waals surface area contributed by atoms with E-state index in [-0.39, 0.29) is 12.4 Å². The van der Waals surface area contributed by atoms with Crippen molar-refractivity contribution in [1.82, 2.24) is 0 Å². The van der Waals surface area contributed by atoms with Crippen LogP contribution in [0.5, 0.6) is 11.5 Å². The Bertz CT molecular complexity index is 718. The first-order valence-electron chi connectivity index (χ1n) is 6.97. The summed E-state index contributed by atoms with van der Waals surface area (Å²) in [5.41, 5.74) is 6.38. The van der Waals surface area contributed by atoms with Crippen LogP contribution in [0.4, 0.5) is 10.5 Å². The lowest BCUT2D eigenvalue weighted by Gasteiger charge is -2.25. The molecule has 0 bridgehead atoms. The van der Waals surface area contributed by atoms with E-state index < -0.39 is 12.2 Å². The number of carbonyl (C=O) groups excluding carboxylic acids is 1. The van der Waals surface area contributed by atoms with Crippen molar-refractivity contribution in [3.05, 3.63) is 54.6 Å². The number of fused-ring (bicyclic) bond motifs is 1. The summed E-state index contributed by atoms with van der Waals surface area (Å²) in [6, 6.07) is 16.1. The first kappa shape index (κ1) is 14.7. The zero-order valence-corrected chi connectivity index (χ0v) is 12.1. The number of hydrogen-bond donors (Lipinski definition) is 2. The Hall–Kier alpha value is -3.22. The molecule has 118 valence electrons. The zero-order chi connectivity index (χ0) is 16.1. The molecule has 7 nitrogen and oxygen atoms in total. The highest BCUT2D eigenvalue weighted by atomic mass is 16.7. The highest BCUT2D eigenvalue weighted by molar-refractivity contribution is 5.88. The summed E-state index contributed by atoms with van der Waals surface area (Å²) in [6.45, 7) is 0.190. The number of amides is 1. The van der Waals surface area contributed by atoms with Gasteiger partial charge in [-0.3, -0.25) is 10.2 Å². The Balaban J connectivity index is 1.57. The quantitative estimate of drug-likeness (QED) is 0.392. The first-order valence-corrected chi connectivity index (χ1v) is 6.97. The maximum Gasteiger partial charge on any atom is 0.437 e. The molecule has 0 aliphatic carbocycles. The molecule has 0 fully saturated rings. The standard InChI is InChI=1S/C16H15N3O4/c17-15(14-10-21-12-8-4-5-9-13(12)22-14)19-23-16(20)18-11-6-2-1-3-7-11/h1-9,14H,10H2,(H2,17,19)(H,18,20). The van der Waals surface area contributed by atoms with E-state index >= 15 is 0 Å². The molecule has 0 saturated carbocycles. The van der Waals surface area contributed by atoms with Gasteiger partial charge in [0.2, 0.25) is 0 Å². The van der Waals surface area contributed by atoms with Crippen LogP contribution in [0.15, 0.2) is 59.8 Å². The average Bonchev–Trinajstić information content (AvgIpc) is 2.60. The number of nitrogens with one attached hydrogen (secondary N) is 1. The minimum Gasteiger partial charge on any atom is -0.485 e. The van der Waals surface area contributed by atoms with E-state index in [1.165, 1.54) is 0 Å². The van der Waals surface area contributed by atoms with Gasteiger partial charge >= 0.3 is 6.09 Å². The van der Waals surface area contributed by atoms with E-state index in [9.17, 15) is 4.79 Å². The summed E-state index contributed by atoms with van der Waals surface area (Å²) >= 11 is 0. The Morgan fingerprint density at radius 1 is 1.13 bits per heavy atom. The molecule has 23 heavy (non-hydrogen) atoms. The molecule has 2 aromatic rings. The number of rotatable bonds is 3. The van der Waals surface area contributed by atoms with Crippen molar-refractivity contribution in [2.75, 3.05) is 11.9 Å². The summed E-state index contributed by atoms with van der Waals surface area (Å²) in [4.78, 5) is 16.4. The summed E-state index contributed by atoms with van der Waals surface area (Å²) < 4.78 is 11.2. The summed E-state index contributed by atoms with van der Waals surface area (Å²) in [6.07, 6.45) is -1.36. The molecule has 1 atom stereocenters. The normalized spacial score (nSPS) is 16.5. The van der Waals surface area contributed by atoms with Crippen molar-refractivity contribution < 1.29 is 19.1 Å². The number of amidine groups is 1. The maximum absolute atomic E-state index is 11.6. The molecule has 0 aromatic heterocycles. The van der Waals surface area contributed by atoms with Gasteiger partial charge in [0.25, 0.3) is 0 Å². The van der Waals surface area contributed by atoms with Gasteiger partial charge in [-0.2, -0.15) is 0 Å². The zero-order valence-electron chi connectivity index (χ0n) is 12.1. The number of nitrogens with two attached hydrogens (primary N) is 1. The van der Waals surface area contributed by atoms with E-state index in [1.54, 1.807) is 36.4 Å². The number of anilines is 1. The molecule has 0 radical (unpaired) electrons. The third-order valence-corrected chi connectivity index (χ3v) is 3.09. The van der Waals surface area contributed by atoms with Gasteiger partial charge in [0.1, 0.15) is 6.61 Å². The van der Waals surface area contributed by atoms with Crippen LogP contribution in [0.3, 0.4) is 0 Å². The molecule has 3 rings (SSSR count). The molecular formula is C16H15N3O4. The van der Waals surface area contributed by atoms with Crippen LogP contribution >= 0.6 is 0 Å². The molecule has 1 unspecified atom stereocenters. The van der Waals surface area contributed by atoms with Crippen LogP contribution in [-0.4, -0.2) is 24.6 Å². The van der Waals surface area contributed by atoms with Crippen LogP contribution in [0.2, 0.25) is 0 Å². The second kappa shape index (κ2) is 6.69. The van der Waals surface area contributed by atoms with E-state index in [0.717, 1.165) is 0 Å². The molecule has 7 heteroatoms. The van der Waals surface area contributed by atoms with Gasteiger partial charge in [0.15, 0.2) is 23.4 Å². The third kappa shape index (κ3) is 3.70. The van der Waals surface area contributed by atoms with Crippen LogP contribution in [0.25, 0.3) is 0 Å². The minimum atomic E-state index is -0.740. The Labute approximate surface area is 132 Å². The molecule has 3 N–H and O–H groups in total. The van der Waals surface area contributed by atoms with Gasteiger partial charge < -0.3 is 15.2 Å². The van der Waals surface area contributed by atoms with Crippen molar-refractivity contribution >= 4 is 17.6 Å². The Kier molecular flexibility index (Phi) is 4.28. The molecular weight excluding hydrogens is 298 g/mol. The maximum atomic E-state index is 11.6. The largest absolute Gasteiger partial charge is 0.485 e. The van der Waals surface area contributed by atoms with Gasteiger partial charge in [0.05, 0.1) is 0 Å². The highest BCUT2D eigenvalue weighted by Gasteiger charge is 2.24. The number of nitrogens with zero attached hydrogens (tertiary/aromatic N) is 1. The van der Waals surface area contributed by atoms with Crippen molar-refractivity contribution in [2.24, 2.45) is 10.9 Å². The Morgan fingerprint density at radius 3 is 2.61 bits per heavy atom. The second-order valence-electron chi connectivity index (χ2n) is 4.75. The Morgan fingerprint density at radius 2 is 1.83 bits per heavy atom. The fourth-order valence-electron chi connectivity index (χ4n) is 1.98. The van der Waals surface area contributed by atoms with Crippen LogP contribution in [0, 0.1) is 0 Å². The molecule has 1 amide bonds.